The molecule has 1 aliphatic rings. The van der Waals surface area contributed by atoms with E-state index in [2.05, 4.69) is 0 Å². The van der Waals surface area contributed by atoms with Crippen LogP contribution in [0.25, 0.3) is 0 Å². The Labute approximate surface area is 114 Å². The second-order valence-corrected chi connectivity index (χ2v) is 8.19. The molecule has 1 unspecified atom stereocenters. The van der Waals surface area contributed by atoms with Crippen LogP contribution in [-0.4, -0.2) is 25.9 Å². The third kappa shape index (κ3) is 4.65. The van der Waals surface area contributed by atoms with Crippen LogP contribution in [0.2, 0.25) is 0 Å². The minimum atomic E-state index is -3.47. The van der Waals surface area contributed by atoms with Crippen LogP contribution in [0.5, 0.6) is 0 Å². The van der Waals surface area contributed by atoms with E-state index in [1.807, 2.05) is 20.8 Å². The summed E-state index contributed by atoms with van der Waals surface area (Å²) in [6.45, 7) is 5.94. The zero-order valence-electron chi connectivity index (χ0n) is 11.8. The van der Waals surface area contributed by atoms with E-state index in [1.54, 1.807) is 0 Å². The van der Waals surface area contributed by atoms with Crippen molar-refractivity contribution < 1.29 is 17.9 Å². The first-order valence-corrected chi connectivity index (χ1v) is 8.10. The Hall–Kier alpha value is -0.820. The van der Waals surface area contributed by atoms with Crippen molar-refractivity contribution >= 4 is 16.1 Å². The highest BCUT2D eigenvalue weighted by atomic mass is 32.2. The molecule has 0 radical (unpaired) electrons. The van der Waals surface area contributed by atoms with E-state index in [0.717, 1.165) is 0 Å². The number of primary amides is 1. The van der Waals surface area contributed by atoms with Gasteiger partial charge in [0.05, 0.1) is 5.25 Å². The minimum absolute atomic E-state index is 0.130. The topological polar surface area (TPSA) is 112 Å². The SMILES string of the molecule is CC(C)(C)C(OC(N)=O)C1CCC(S(N)(=O)=O)CC1. The number of sulfonamides is 1. The highest BCUT2D eigenvalue weighted by molar-refractivity contribution is 7.89. The molecule has 0 bridgehead atoms. The van der Waals surface area contributed by atoms with E-state index >= 15 is 0 Å². The first-order chi connectivity index (χ1) is 8.51. The average Bonchev–Trinajstić information content (AvgIpc) is 2.23. The summed E-state index contributed by atoms with van der Waals surface area (Å²) < 4.78 is 27.9. The summed E-state index contributed by atoms with van der Waals surface area (Å²) in [5, 5.41) is 4.69. The number of hydrogen-bond acceptors (Lipinski definition) is 4. The molecule has 1 amide bonds. The van der Waals surface area contributed by atoms with Crippen LogP contribution in [-0.2, 0) is 14.8 Å². The van der Waals surface area contributed by atoms with Crippen molar-refractivity contribution in [3.05, 3.63) is 0 Å². The molecule has 1 rings (SSSR count). The van der Waals surface area contributed by atoms with E-state index in [1.165, 1.54) is 0 Å². The number of carbonyl (C=O) groups is 1. The molecule has 1 atom stereocenters. The van der Waals surface area contributed by atoms with Gasteiger partial charge in [0, 0.05) is 0 Å². The molecule has 19 heavy (non-hydrogen) atoms. The summed E-state index contributed by atoms with van der Waals surface area (Å²) in [6, 6.07) is 0. The molecular formula is C12H24N2O4S. The zero-order chi connectivity index (χ0) is 14.8. The van der Waals surface area contributed by atoms with Gasteiger partial charge in [0.1, 0.15) is 6.10 Å². The zero-order valence-corrected chi connectivity index (χ0v) is 12.6. The number of carbonyl (C=O) groups excluding carboxylic acids is 1. The molecular weight excluding hydrogens is 268 g/mol. The van der Waals surface area contributed by atoms with Crippen LogP contribution in [0, 0.1) is 11.3 Å². The summed E-state index contributed by atoms with van der Waals surface area (Å²) in [7, 11) is -3.47. The van der Waals surface area contributed by atoms with E-state index in [9.17, 15) is 13.2 Å². The number of primary sulfonamides is 1. The van der Waals surface area contributed by atoms with Crippen molar-refractivity contribution in [3.63, 3.8) is 0 Å². The monoisotopic (exact) mass is 292 g/mol. The molecule has 1 saturated carbocycles. The van der Waals surface area contributed by atoms with Gasteiger partial charge < -0.3 is 10.5 Å². The molecule has 6 nitrogen and oxygen atoms in total. The Morgan fingerprint density at radius 2 is 1.68 bits per heavy atom. The molecule has 0 aromatic carbocycles. The largest absolute Gasteiger partial charge is 0.446 e. The van der Waals surface area contributed by atoms with E-state index in [0.29, 0.717) is 25.7 Å². The highest BCUT2D eigenvalue weighted by Gasteiger charge is 2.39. The van der Waals surface area contributed by atoms with Gasteiger partial charge in [-0.1, -0.05) is 20.8 Å². The first kappa shape index (κ1) is 16.2. The maximum atomic E-state index is 11.3. The molecule has 0 aliphatic heterocycles. The fourth-order valence-corrected chi connectivity index (χ4v) is 3.75. The minimum Gasteiger partial charge on any atom is -0.446 e. The van der Waals surface area contributed by atoms with Crippen molar-refractivity contribution in [1.82, 2.24) is 0 Å². The molecule has 0 aromatic heterocycles. The van der Waals surface area contributed by atoms with Crippen molar-refractivity contribution in [2.45, 2.75) is 57.8 Å². The Balaban J connectivity index is 2.72. The Morgan fingerprint density at radius 3 is 2.00 bits per heavy atom. The summed E-state index contributed by atoms with van der Waals surface area (Å²) in [4.78, 5) is 11.0. The molecule has 0 saturated heterocycles. The van der Waals surface area contributed by atoms with Crippen molar-refractivity contribution in [1.29, 1.82) is 0 Å². The molecule has 0 spiro atoms. The molecule has 0 aromatic rings. The lowest BCUT2D eigenvalue weighted by Gasteiger charge is -2.39. The van der Waals surface area contributed by atoms with Crippen LogP contribution < -0.4 is 10.9 Å². The predicted octanol–water partition coefficient (Wildman–Crippen LogP) is 1.34. The van der Waals surface area contributed by atoms with E-state index in [4.69, 9.17) is 15.6 Å². The molecule has 1 fully saturated rings. The Morgan fingerprint density at radius 1 is 1.21 bits per heavy atom. The van der Waals surface area contributed by atoms with Gasteiger partial charge in [-0.05, 0) is 37.0 Å². The fourth-order valence-electron chi connectivity index (χ4n) is 2.83. The van der Waals surface area contributed by atoms with Crippen LogP contribution in [0.15, 0.2) is 0 Å². The molecule has 7 heteroatoms. The predicted molar refractivity (Wildman–Crippen MR) is 72.8 cm³/mol. The van der Waals surface area contributed by atoms with Crippen molar-refractivity contribution in [2.24, 2.45) is 22.2 Å². The van der Waals surface area contributed by atoms with Crippen LogP contribution in [0.3, 0.4) is 0 Å². The van der Waals surface area contributed by atoms with Gasteiger partial charge in [0.15, 0.2) is 0 Å². The third-order valence-electron chi connectivity index (χ3n) is 3.71. The number of ether oxygens (including phenoxy) is 1. The van der Waals surface area contributed by atoms with Gasteiger partial charge in [-0.2, -0.15) is 0 Å². The first-order valence-electron chi connectivity index (χ1n) is 6.49. The van der Waals surface area contributed by atoms with E-state index < -0.39 is 21.4 Å². The second kappa shape index (κ2) is 5.66. The van der Waals surface area contributed by atoms with Crippen LogP contribution in [0.1, 0.15) is 46.5 Å². The maximum Gasteiger partial charge on any atom is 0.404 e. The van der Waals surface area contributed by atoms with Crippen LogP contribution >= 0.6 is 0 Å². The smallest absolute Gasteiger partial charge is 0.404 e. The lowest BCUT2D eigenvalue weighted by atomic mass is 9.74. The normalized spacial score (nSPS) is 26.7. The summed E-state index contributed by atoms with van der Waals surface area (Å²) in [5.41, 5.74) is 4.89. The Bertz CT molecular complexity index is 420. The molecule has 0 heterocycles. The summed E-state index contributed by atoms with van der Waals surface area (Å²) in [5.74, 6) is 0.130. The number of amides is 1. The number of nitrogens with two attached hydrogens (primary N) is 2. The standard InChI is InChI=1S/C12H24N2O4S/c1-12(2,3)10(18-11(13)15)8-4-6-9(7-5-8)19(14,16)17/h8-10H,4-7H2,1-3H3,(H2,13,15)(H2,14,16,17). The Kier molecular flexibility index (Phi) is 4.84. The average molecular weight is 292 g/mol. The van der Waals surface area contributed by atoms with Gasteiger partial charge in [0.2, 0.25) is 10.0 Å². The second-order valence-electron chi connectivity index (χ2n) is 6.35. The lowest BCUT2D eigenvalue weighted by molar-refractivity contribution is -0.0145. The van der Waals surface area contributed by atoms with Gasteiger partial charge in [-0.25, -0.2) is 18.4 Å². The quantitative estimate of drug-likeness (QED) is 0.817. The van der Waals surface area contributed by atoms with Crippen LogP contribution in [0.4, 0.5) is 4.79 Å². The van der Waals surface area contributed by atoms with Gasteiger partial charge in [-0.15, -0.1) is 0 Å². The fraction of sp³-hybridized carbons (Fsp3) is 0.917. The molecule has 4 N–H and O–H groups in total. The van der Waals surface area contributed by atoms with Gasteiger partial charge in [0.25, 0.3) is 0 Å². The highest BCUT2D eigenvalue weighted by Crippen LogP contribution is 2.38. The van der Waals surface area contributed by atoms with Crippen molar-refractivity contribution in [3.8, 4) is 0 Å². The number of rotatable bonds is 3. The summed E-state index contributed by atoms with van der Waals surface area (Å²) in [6.07, 6.45) is 1.29. The maximum absolute atomic E-state index is 11.3. The number of hydrogen-bond donors (Lipinski definition) is 2. The van der Waals surface area contributed by atoms with Gasteiger partial charge in [-0.3, -0.25) is 0 Å². The molecule has 112 valence electrons. The van der Waals surface area contributed by atoms with E-state index in [-0.39, 0.29) is 17.4 Å². The third-order valence-corrected chi connectivity index (χ3v) is 5.11. The summed E-state index contributed by atoms with van der Waals surface area (Å²) >= 11 is 0. The molecule has 1 aliphatic carbocycles. The van der Waals surface area contributed by atoms with Crippen molar-refractivity contribution in [2.75, 3.05) is 0 Å². The van der Waals surface area contributed by atoms with Gasteiger partial charge >= 0.3 is 6.09 Å². The lowest BCUT2D eigenvalue weighted by Crippen LogP contribution is -2.43.